The quantitative estimate of drug-likeness (QED) is 0.809. The maximum Gasteiger partial charge on any atom is 0.340 e. The first kappa shape index (κ1) is 18.9. The van der Waals surface area contributed by atoms with Crippen molar-refractivity contribution in [2.45, 2.75) is 38.6 Å². The van der Waals surface area contributed by atoms with Crippen LogP contribution in [0.25, 0.3) is 10.9 Å². The summed E-state index contributed by atoms with van der Waals surface area (Å²) in [6.45, 7) is 1.59. The van der Waals surface area contributed by atoms with Crippen LogP contribution in [-0.4, -0.2) is 35.1 Å². The predicted octanol–water partition coefficient (Wildman–Crippen LogP) is 2.74. The molecule has 1 saturated carbocycles. The molecule has 1 fully saturated rings. The van der Waals surface area contributed by atoms with Crippen LogP contribution in [0.3, 0.4) is 0 Å². The Morgan fingerprint density at radius 3 is 2.70 bits per heavy atom. The van der Waals surface area contributed by atoms with E-state index in [-0.39, 0.29) is 6.04 Å². The van der Waals surface area contributed by atoms with Crippen molar-refractivity contribution in [3.8, 4) is 0 Å². The largest absolute Gasteiger partial charge is 0.452 e. The highest BCUT2D eigenvalue weighted by Crippen LogP contribution is 2.23. The van der Waals surface area contributed by atoms with Gasteiger partial charge in [-0.25, -0.2) is 9.59 Å². The third kappa shape index (κ3) is 4.48. The molecule has 0 saturated heterocycles. The lowest BCUT2D eigenvalue weighted by atomic mass is 9.86. The van der Waals surface area contributed by atoms with Gasteiger partial charge in [0.25, 0.3) is 5.91 Å². The molecular weight excluding hydrogens is 346 g/mol. The fraction of sp³-hybridized carbons (Fsp3) is 0.450. The fourth-order valence-corrected chi connectivity index (χ4v) is 3.61. The average Bonchev–Trinajstić information content (AvgIpc) is 2.99. The van der Waals surface area contributed by atoms with E-state index in [9.17, 15) is 14.4 Å². The van der Waals surface area contributed by atoms with Crippen LogP contribution in [0.15, 0.2) is 30.5 Å². The Balaban J connectivity index is 1.51. The molecule has 0 radical (unpaired) electrons. The van der Waals surface area contributed by atoms with E-state index >= 15 is 0 Å². The number of carbonyl (C=O) groups excluding carboxylic acids is 3. The van der Waals surface area contributed by atoms with Gasteiger partial charge in [0.2, 0.25) is 0 Å². The normalized spacial score (nSPS) is 19.5. The monoisotopic (exact) mass is 371 g/mol. The van der Waals surface area contributed by atoms with E-state index in [2.05, 4.69) is 17.6 Å². The molecule has 1 aliphatic rings. The number of ether oxygens (including phenoxy) is 1. The number of rotatable bonds is 4. The molecule has 2 atom stereocenters. The molecule has 3 amide bonds. The van der Waals surface area contributed by atoms with Crippen LogP contribution in [0.1, 0.15) is 43.0 Å². The van der Waals surface area contributed by atoms with Gasteiger partial charge in [-0.1, -0.05) is 38.0 Å². The lowest BCUT2D eigenvalue weighted by molar-refractivity contribution is -0.123. The summed E-state index contributed by atoms with van der Waals surface area (Å²) in [7, 11) is 1.84. The molecule has 1 aromatic carbocycles. The Morgan fingerprint density at radius 1 is 1.19 bits per heavy atom. The maximum absolute atomic E-state index is 12.3. The van der Waals surface area contributed by atoms with Crippen LogP contribution >= 0.6 is 0 Å². The maximum atomic E-state index is 12.3. The Morgan fingerprint density at radius 2 is 1.93 bits per heavy atom. The minimum absolute atomic E-state index is 0.0739. The van der Waals surface area contributed by atoms with Crippen molar-refractivity contribution in [3.05, 3.63) is 36.0 Å². The molecule has 0 spiro atoms. The zero-order valence-electron chi connectivity index (χ0n) is 15.7. The first-order chi connectivity index (χ1) is 13.0. The van der Waals surface area contributed by atoms with Crippen LogP contribution < -0.4 is 10.6 Å². The number of carbonyl (C=O) groups is 3. The SMILES string of the molecule is C[C@@H]1CCCC[C@H]1NC(=O)NC(=O)COC(=O)c1cn(C)c2ccccc12. The first-order valence-corrected chi connectivity index (χ1v) is 9.27. The Bertz CT molecular complexity index is 858. The first-order valence-electron chi connectivity index (χ1n) is 9.27. The summed E-state index contributed by atoms with van der Waals surface area (Å²) in [5.41, 5.74) is 1.29. The summed E-state index contributed by atoms with van der Waals surface area (Å²) in [6.07, 6.45) is 5.90. The number of hydrogen-bond donors (Lipinski definition) is 2. The molecule has 144 valence electrons. The van der Waals surface area contributed by atoms with Crippen LogP contribution in [0.5, 0.6) is 0 Å². The second kappa shape index (κ2) is 8.24. The van der Waals surface area contributed by atoms with Gasteiger partial charge in [0.1, 0.15) is 0 Å². The smallest absolute Gasteiger partial charge is 0.340 e. The number of benzene rings is 1. The van der Waals surface area contributed by atoms with E-state index < -0.39 is 24.5 Å². The Kier molecular flexibility index (Phi) is 5.78. The molecule has 1 aliphatic carbocycles. The summed E-state index contributed by atoms with van der Waals surface area (Å²) < 4.78 is 6.90. The predicted molar refractivity (Wildman–Crippen MR) is 101 cm³/mol. The summed E-state index contributed by atoms with van der Waals surface area (Å²) in [5.74, 6) is -0.850. The number of para-hydroxylation sites is 1. The topological polar surface area (TPSA) is 89.4 Å². The summed E-state index contributed by atoms with van der Waals surface area (Å²) in [5, 5.41) is 5.82. The number of hydrogen-bond acceptors (Lipinski definition) is 4. The number of amides is 3. The second-order valence-corrected chi connectivity index (χ2v) is 7.14. The molecule has 0 unspecified atom stereocenters. The molecule has 7 nitrogen and oxygen atoms in total. The molecule has 1 aromatic heterocycles. The lowest BCUT2D eigenvalue weighted by Crippen LogP contribution is -2.48. The summed E-state index contributed by atoms with van der Waals surface area (Å²) in [4.78, 5) is 36.2. The van der Waals surface area contributed by atoms with Gasteiger partial charge in [-0.15, -0.1) is 0 Å². The molecule has 0 bridgehead atoms. The van der Waals surface area contributed by atoms with Gasteiger partial charge in [-0.05, 0) is 24.8 Å². The molecular formula is C20H25N3O4. The Hall–Kier alpha value is -2.83. The van der Waals surface area contributed by atoms with Crippen molar-refractivity contribution in [1.29, 1.82) is 0 Å². The van der Waals surface area contributed by atoms with Gasteiger partial charge in [-0.2, -0.15) is 0 Å². The molecule has 2 N–H and O–H groups in total. The zero-order valence-corrected chi connectivity index (χ0v) is 15.7. The van der Waals surface area contributed by atoms with Crippen molar-refractivity contribution < 1.29 is 19.1 Å². The number of urea groups is 1. The molecule has 0 aliphatic heterocycles. The average molecular weight is 371 g/mol. The fourth-order valence-electron chi connectivity index (χ4n) is 3.61. The highest BCUT2D eigenvalue weighted by atomic mass is 16.5. The number of imide groups is 1. The van der Waals surface area contributed by atoms with E-state index in [1.54, 1.807) is 6.20 Å². The molecule has 1 heterocycles. The number of aryl methyl sites for hydroxylation is 1. The van der Waals surface area contributed by atoms with E-state index in [0.717, 1.165) is 30.2 Å². The minimum atomic E-state index is -0.649. The minimum Gasteiger partial charge on any atom is -0.452 e. The van der Waals surface area contributed by atoms with Gasteiger partial charge >= 0.3 is 12.0 Å². The van der Waals surface area contributed by atoms with Gasteiger partial charge in [0, 0.05) is 30.2 Å². The summed E-state index contributed by atoms with van der Waals surface area (Å²) >= 11 is 0. The Labute approximate surface area is 158 Å². The molecule has 7 heteroatoms. The third-order valence-corrected chi connectivity index (χ3v) is 5.13. The lowest BCUT2D eigenvalue weighted by Gasteiger charge is -2.29. The highest BCUT2D eigenvalue weighted by Gasteiger charge is 2.23. The van der Waals surface area contributed by atoms with Crippen molar-refractivity contribution in [3.63, 3.8) is 0 Å². The van der Waals surface area contributed by atoms with E-state index in [4.69, 9.17) is 4.74 Å². The molecule has 2 aromatic rings. The second-order valence-electron chi connectivity index (χ2n) is 7.14. The number of aromatic nitrogens is 1. The van der Waals surface area contributed by atoms with Crippen LogP contribution in [0, 0.1) is 5.92 Å². The van der Waals surface area contributed by atoms with Crippen molar-refractivity contribution in [1.82, 2.24) is 15.2 Å². The van der Waals surface area contributed by atoms with Crippen LogP contribution in [-0.2, 0) is 16.6 Å². The van der Waals surface area contributed by atoms with Crippen molar-refractivity contribution >= 4 is 28.8 Å². The number of fused-ring (bicyclic) bond motifs is 1. The standard InChI is InChI=1S/C20H25N3O4/c1-13-7-3-5-9-16(13)21-20(26)22-18(24)12-27-19(25)15-11-23(2)17-10-6-4-8-14(15)17/h4,6,8,10-11,13,16H,3,5,7,9,12H2,1-2H3,(H2,21,22,24,26)/t13-,16-/m1/s1. The number of nitrogens with one attached hydrogen (secondary N) is 2. The van der Waals surface area contributed by atoms with Crippen LogP contribution in [0.4, 0.5) is 4.79 Å². The highest BCUT2D eigenvalue weighted by molar-refractivity contribution is 6.05. The van der Waals surface area contributed by atoms with Gasteiger partial charge in [0.05, 0.1) is 5.56 Å². The van der Waals surface area contributed by atoms with E-state index in [1.165, 1.54) is 6.42 Å². The van der Waals surface area contributed by atoms with Gasteiger partial charge in [-0.3, -0.25) is 10.1 Å². The van der Waals surface area contributed by atoms with Gasteiger partial charge in [0.15, 0.2) is 6.61 Å². The number of nitrogens with zero attached hydrogens (tertiary/aromatic N) is 1. The molecule has 27 heavy (non-hydrogen) atoms. The zero-order chi connectivity index (χ0) is 19.4. The van der Waals surface area contributed by atoms with E-state index in [1.807, 2.05) is 35.9 Å². The molecule has 3 rings (SSSR count). The number of esters is 1. The van der Waals surface area contributed by atoms with Crippen molar-refractivity contribution in [2.75, 3.05) is 6.61 Å². The van der Waals surface area contributed by atoms with Crippen molar-refractivity contribution in [2.24, 2.45) is 13.0 Å². The van der Waals surface area contributed by atoms with Crippen LogP contribution in [0.2, 0.25) is 0 Å². The third-order valence-electron chi connectivity index (χ3n) is 5.13. The summed E-state index contributed by atoms with van der Waals surface area (Å²) in [6, 6.07) is 6.98. The van der Waals surface area contributed by atoms with Gasteiger partial charge < -0.3 is 14.6 Å². The van der Waals surface area contributed by atoms with E-state index in [0.29, 0.717) is 11.5 Å².